The zero-order chi connectivity index (χ0) is 24.3. The predicted octanol–water partition coefficient (Wildman–Crippen LogP) is 3.75. The van der Waals surface area contributed by atoms with Crippen molar-refractivity contribution in [2.45, 2.75) is 70.9 Å². The van der Waals surface area contributed by atoms with Crippen LogP contribution in [-0.4, -0.2) is 48.7 Å². The van der Waals surface area contributed by atoms with Gasteiger partial charge < -0.3 is 28.6 Å². The molecule has 8 heteroatoms. The fourth-order valence-corrected chi connectivity index (χ4v) is 4.05. The average molecular weight is 468 g/mol. The minimum absolute atomic E-state index is 0.0973. The summed E-state index contributed by atoms with van der Waals surface area (Å²) in [5, 5.41) is 9.19. The zero-order valence-electron chi connectivity index (χ0n) is 20.3. The largest absolute Gasteiger partial charge is 0.494 e. The third-order valence-electron chi connectivity index (χ3n) is 6.68. The fourth-order valence-electron chi connectivity index (χ4n) is 4.05. The van der Waals surface area contributed by atoms with Crippen LogP contribution in [0.15, 0.2) is 42.5 Å². The molecule has 1 unspecified atom stereocenters. The van der Waals surface area contributed by atoms with Gasteiger partial charge in [0, 0.05) is 12.2 Å². The molecule has 34 heavy (non-hydrogen) atoms. The summed E-state index contributed by atoms with van der Waals surface area (Å²) in [6, 6.07) is 13.0. The molecule has 0 aromatic heterocycles. The summed E-state index contributed by atoms with van der Waals surface area (Å²) in [6.45, 7) is 9.59. The minimum Gasteiger partial charge on any atom is -0.491 e. The molecule has 1 N–H and O–H groups in total. The molecule has 4 rings (SSSR count). The highest BCUT2D eigenvalue weighted by atomic mass is 16.7. The second-order valence-electron chi connectivity index (χ2n) is 9.91. The van der Waals surface area contributed by atoms with Crippen LogP contribution >= 0.6 is 0 Å². The number of carboxylic acid groups (broad SMARTS) is 1. The molecule has 1 atom stereocenters. The Labute approximate surface area is 201 Å². The summed E-state index contributed by atoms with van der Waals surface area (Å²) >= 11 is 0. The van der Waals surface area contributed by atoms with E-state index in [2.05, 4.69) is 0 Å². The molecule has 2 aliphatic rings. The van der Waals surface area contributed by atoms with E-state index in [0.29, 0.717) is 23.7 Å². The van der Waals surface area contributed by atoms with Crippen molar-refractivity contribution in [3.63, 3.8) is 0 Å². The molecule has 7 nitrogen and oxygen atoms in total. The van der Waals surface area contributed by atoms with Gasteiger partial charge >= 0.3 is 13.1 Å². The van der Waals surface area contributed by atoms with Crippen LogP contribution in [0.2, 0.25) is 0 Å². The van der Waals surface area contributed by atoms with Crippen LogP contribution in [0.25, 0.3) is 0 Å². The molecule has 2 aromatic rings. The monoisotopic (exact) mass is 468 g/mol. The minimum atomic E-state index is -0.899. The van der Waals surface area contributed by atoms with E-state index in [9.17, 15) is 9.90 Å². The van der Waals surface area contributed by atoms with E-state index in [1.807, 2.05) is 52.0 Å². The third kappa shape index (κ3) is 5.74. The Bertz CT molecular complexity index is 998. The Balaban J connectivity index is 1.55. The van der Waals surface area contributed by atoms with E-state index >= 15 is 0 Å². The van der Waals surface area contributed by atoms with Crippen molar-refractivity contribution >= 4 is 18.6 Å². The highest BCUT2D eigenvalue weighted by molar-refractivity contribution is 6.62. The molecule has 2 saturated heterocycles. The normalized spacial score (nSPS) is 20.9. The number of hydrogen-bond donors (Lipinski definition) is 1. The third-order valence-corrected chi connectivity index (χ3v) is 6.68. The Hall–Kier alpha value is -2.55. The van der Waals surface area contributed by atoms with Crippen LogP contribution in [0.3, 0.4) is 0 Å². The van der Waals surface area contributed by atoms with Crippen molar-refractivity contribution in [1.29, 1.82) is 0 Å². The van der Waals surface area contributed by atoms with Crippen molar-refractivity contribution in [3.8, 4) is 11.5 Å². The summed E-state index contributed by atoms with van der Waals surface area (Å²) in [7, 11) is -0.533. The maximum Gasteiger partial charge on any atom is 0.494 e. The summed E-state index contributed by atoms with van der Waals surface area (Å²) in [6.07, 6.45) is 2.05. The molecule has 2 aliphatic heterocycles. The van der Waals surface area contributed by atoms with Gasteiger partial charge in [0.1, 0.15) is 24.7 Å². The first-order valence-electron chi connectivity index (χ1n) is 11.8. The van der Waals surface area contributed by atoms with Crippen LogP contribution in [0.5, 0.6) is 11.5 Å². The Morgan fingerprint density at radius 1 is 1.09 bits per heavy atom. The smallest absolute Gasteiger partial charge is 0.491 e. The van der Waals surface area contributed by atoms with E-state index < -0.39 is 24.3 Å². The summed E-state index contributed by atoms with van der Waals surface area (Å²) in [5.74, 6) is 0.344. The van der Waals surface area contributed by atoms with Gasteiger partial charge in [-0.2, -0.15) is 0 Å². The summed E-state index contributed by atoms with van der Waals surface area (Å²) < 4.78 is 30.3. The lowest BCUT2D eigenvalue weighted by atomic mass is 9.78. The quantitative estimate of drug-likeness (QED) is 0.562. The van der Waals surface area contributed by atoms with Gasteiger partial charge in [0.2, 0.25) is 0 Å². The lowest BCUT2D eigenvalue weighted by molar-refractivity contribution is -0.136. The number of para-hydroxylation sites is 1. The number of aliphatic carboxylic acids is 1. The molecule has 2 aromatic carbocycles. The van der Waals surface area contributed by atoms with Crippen LogP contribution < -0.4 is 14.9 Å². The van der Waals surface area contributed by atoms with Gasteiger partial charge in [-0.25, -0.2) is 0 Å². The summed E-state index contributed by atoms with van der Waals surface area (Å²) in [5.41, 5.74) is 1.43. The topological polar surface area (TPSA) is 83.5 Å². The van der Waals surface area contributed by atoms with Gasteiger partial charge in [-0.05, 0) is 69.8 Å². The standard InChI is InChI=1S/C26H33BO7/c1-25(2)26(3,4)34-27(33-25)20-12-18(13-22(15-20)31-17-21-9-7-11-30-21)16-32-23-10-6-5-8-19(23)14-24(28)29/h5-6,8,10,12-13,15,21H,7,9,11,14,16-17H2,1-4H3,(H,28,29). The molecule has 0 bridgehead atoms. The van der Waals surface area contributed by atoms with Crippen LogP contribution in [-0.2, 0) is 31.9 Å². The SMILES string of the molecule is CC1(C)OB(c2cc(COc3ccccc3CC(=O)O)cc(OCC3CCCO3)c2)OC1(C)C. The van der Waals surface area contributed by atoms with Crippen LogP contribution in [0, 0.1) is 0 Å². The van der Waals surface area contributed by atoms with E-state index in [-0.39, 0.29) is 19.1 Å². The van der Waals surface area contributed by atoms with Crippen molar-refractivity contribution in [2.24, 2.45) is 0 Å². The van der Waals surface area contributed by atoms with E-state index in [1.165, 1.54) is 0 Å². The molecule has 0 saturated carbocycles. The van der Waals surface area contributed by atoms with E-state index in [0.717, 1.165) is 30.5 Å². The second kappa shape index (κ2) is 9.98. The van der Waals surface area contributed by atoms with Crippen molar-refractivity contribution < 1.29 is 33.4 Å². The molecular formula is C26H33BO7. The number of carbonyl (C=O) groups is 1. The van der Waals surface area contributed by atoms with Gasteiger partial charge in [-0.3, -0.25) is 4.79 Å². The lowest BCUT2D eigenvalue weighted by Gasteiger charge is -2.32. The number of rotatable bonds is 9. The Morgan fingerprint density at radius 3 is 2.50 bits per heavy atom. The first-order valence-corrected chi connectivity index (χ1v) is 11.8. The maximum absolute atomic E-state index is 11.2. The summed E-state index contributed by atoms with van der Waals surface area (Å²) in [4.78, 5) is 11.2. The molecule has 0 radical (unpaired) electrons. The van der Waals surface area contributed by atoms with Gasteiger partial charge in [-0.1, -0.05) is 24.3 Å². The highest BCUT2D eigenvalue weighted by Gasteiger charge is 2.51. The number of benzene rings is 2. The highest BCUT2D eigenvalue weighted by Crippen LogP contribution is 2.37. The molecule has 2 fully saturated rings. The van der Waals surface area contributed by atoms with Crippen LogP contribution in [0.4, 0.5) is 0 Å². The van der Waals surface area contributed by atoms with Crippen LogP contribution in [0.1, 0.15) is 51.7 Å². The molecule has 0 spiro atoms. The van der Waals surface area contributed by atoms with Crippen molar-refractivity contribution in [3.05, 3.63) is 53.6 Å². The first kappa shape index (κ1) is 24.6. The predicted molar refractivity (Wildman–Crippen MR) is 129 cm³/mol. The van der Waals surface area contributed by atoms with E-state index in [4.69, 9.17) is 23.5 Å². The Morgan fingerprint density at radius 2 is 1.82 bits per heavy atom. The van der Waals surface area contributed by atoms with Gasteiger partial charge in [-0.15, -0.1) is 0 Å². The molecule has 2 heterocycles. The Kier molecular flexibility index (Phi) is 7.21. The molecule has 0 aliphatic carbocycles. The van der Waals surface area contributed by atoms with Crippen molar-refractivity contribution in [2.75, 3.05) is 13.2 Å². The number of hydrogen-bond acceptors (Lipinski definition) is 6. The lowest BCUT2D eigenvalue weighted by Crippen LogP contribution is -2.41. The first-order chi connectivity index (χ1) is 16.1. The fraction of sp³-hybridized carbons (Fsp3) is 0.500. The van der Waals surface area contributed by atoms with Gasteiger partial charge in [0.05, 0.1) is 23.7 Å². The number of ether oxygens (including phenoxy) is 3. The van der Waals surface area contributed by atoms with Gasteiger partial charge in [0.25, 0.3) is 0 Å². The molecule has 0 amide bonds. The maximum atomic E-state index is 11.2. The molecular weight excluding hydrogens is 435 g/mol. The van der Waals surface area contributed by atoms with Crippen molar-refractivity contribution in [1.82, 2.24) is 0 Å². The average Bonchev–Trinajstić information content (AvgIpc) is 3.36. The second-order valence-corrected chi connectivity index (χ2v) is 9.91. The molecule has 182 valence electrons. The van der Waals surface area contributed by atoms with Gasteiger partial charge in [0.15, 0.2) is 0 Å². The van der Waals surface area contributed by atoms with E-state index in [1.54, 1.807) is 18.2 Å². The number of carboxylic acids is 1. The zero-order valence-corrected chi connectivity index (χ0v) is 20.3.